The maximum Gasteiger partial charge on any atom is 0.229 e. The average Bonchev–Trinajstić information content (AvgIpc) is 3.05. The van der Waals surface area contributed by atoms with Crippen LogP contribution in [0.15, 0.2) is 28.9 Å². The molecule has 0 aliphatic carbocycles. The smallest absolute Gasteiger partial charge is 0.229 e. The van der Waals surface area contributed by atoms with Crippen LogP contribution in [0.3, 0.4) is 0 Å². The van der Waals surface area contributed by atoms with Gasteiger partial charge in [0.15, 0.2) is 5.82 Å². The molecule has 1 aromatic carbocycles. The number of fused-ring (bicyclic) bond motifs is 1. The number of hydrogen-bond donors (Lipinski definition) is 2. The van der Waals surface area contributed by atoms with Crippen LogP contribution < -0.4 is 0 Å². The molecule has 1 atom stereocenters. The van der Waals surface area contributed by atoms with Gasteiger partial charge in [-0.3, -0.25) is 5.10 Å². The average molecular weight is 314 g/mol. The monoisotopic (exact) mass is 314 g/mol. The predicted octanol–water partition coefficient (Wildman–Crippen LogP) is 2.88. The quantitative estimate of drug-likeness (QED) is 0.756. The lowest BCUT2D eigenvalue weighted by Gasteiger charge is -2.21. The molecule has 0 radical (unpaired) electrons. The molecular weight excluding hydrogens is 292 g/mol. The van der Waals surface area contributed by atoms with E-state index >= 15 is 0 Å². The van der Waals surface area contributed by atoms with Gasteiger partial charge in [0.25, 0.3) is 0 Å². The van der Waals surface area contributed by atoms with Crippen LogP contribution in [0, 0.1) is 5.41 Å². The SMILES string of the molecule is CC(C)(C)CC(O)Cc1nc(Cc2ccc3cn[nH]c3c2)no1. The molecule has 0 aliphatic rings. The number of nitrogens with one attached hydrogen (secondary N) is 1. The standard InChI is InChI=1S/C17H22N4O2/c1-17(2,3)9-13(22)8-16-19-15(21-23-16)7-11-4-5-12-10-18-20-14(12)6-11/h4-6,10,13,22H,7-9H2,1-3H3,(H,18,20). The first-order valence-corrected chi connectivity index (χ1v) is 7.80. The topological polar surface area (TPSA) is 87.8 Å². The lowest BCUT2D eigenvalue weighted by molar-refractivity contribution is 0.113. The van der Waals surface area contributed by atoms with Crippen LogP contribution in [-0.2, 0) is 12.8 Å². The van der Waals surface area contributed by atoms with Crippen molar-refractivity contribution in [1.82, 2.24) is 20.3 Å². The van der Waals surface area contributed by atoms with Gasteiger partial charge in [-0.15, -0.1) is 0 Å². The Morgan fingerprint density at radius 1 is 1.30 bits per heavy atom. The molecule has 0 amide bonds. The highest BCUT2D eigenvalue weighted by atomic mass is 16.5. The molecule has 23 heavy (non-hydrogen) atoms. The molecule has 3 aromatic rings. The Hall–Kier alpha value is -2.21. The third kappa shape index (κ3) is 4.16. The van der Waals surface area contributed by atoms with Crippen LogP contribution in [0.4, 0.5) is 0 Å². The maximum absolute atomic E-state index is 10.1. The molecule has 0 aliphatic heterocycles. The van der Waals surface area contributed by atoms with E-state index in [1.54, 1.807) is 6.20 Å². The molecule has 3 rings (SSSR count). The summed E-state index contributed by atoms with van der Waals surface area (Å²) in [4.78, 5) is 4.38. The molecule has 6 heteroatoms. The first kappa shape index (κ1) is 15.7. The first-order valence-electron chi connectivity index (χ1n) is 7.80. The molecule has 0 fully saturated rings. The van der Waals surface area contributed by atoms with E-state index in [2.05, 4.69) is 41.1 Å². The van der Waals surface area contributed by atoms with E-state index in [4.69, 9.17) is 4.52 Å². The number of benzene rings is 1. The Morgan fingerprint density at radius 3 is 2.91 bits per heavy atom. The summed E-state index contributed by atoms with van der Waals surface area (Å²) in [5.41, 5.74) is 2.15. The Bertz CT molecular complexity index is 785. The van der Waals surface area contributed by atoms with Gasteiger partial charge in [-0.1, -0.05) is 38.1 Å². The van der Waals surface area contributed by atoms with E-state index in [9.17, 15) is 5.11 Å². The second-order valence-electron chi connectivity index (χ2n) is 7.20. The summed E-state index contributed by atoms with van der Waals surface area (Å²) in [6.07, 6.45) is 3.01. The number of H-pyrrole nitrogens is 1. The molecule has 2 aromatic heterocycles. The molecule has 0 saturated carbocycles. The largest absolute Gasteiger partial charge is 0.393 e. The summed E-state index contributed by atoms with van der Waals surface area (Å²) < 4.78 is 5.25. The van der Waals surface area contributed by atoms with Crippen molar-refractivity contribution in [1.29, 1.82) is 0 Å². The fraction of sp³-hybridized carbons (Fsp3) is 0.471. The third-order valence-corrected chi connectivity index (χ3v) is 3.64. The normalized spacial score (nSPS) is 13.6. The van der Waals surface area contributed by atoms with E-state index in [1.165, 1.54) is 0 Å². The highest BCUT2D eigenvalue weighted by Gasteiger charge is 2.19. The van der Waals surface area contributed by atoms with Crippen molar-refractivity contribution >= 4 is 10.9 Å². The van der Waals surface area contributed by atoms with Crippen molar-refractivity contribution in [2.24, 2.45) is 5.41 Å². The van der Waals surface area contributed by atoms with Crippen LogP contribution in [0.2, 0.25) is 0 Å². The van der Waals surface area contributed by atoms with Gasteiger partial charge in [0.05, 0.1) is 24.2 Å². The number of aliphatic hydroxyl groups excluding tert-OH is 1. The van der Waals surface area contributed by atoms with Crippen molar-refractivity contribution in [3.05, 3.63) is 41.7 Å². The number of aliphatic hydroxyl groups is 1. The summed E-state index contributed by atoms with van der Waals surface area (Å²) in [5.74, 6) is 1.11. The highest BCUT2D eigenvalue weighted by molar-refractivity contribution is 5.78. The van der Waals surface area contributed by atoms with E-state index in [1.807, 2.05) is 18.2 Å². The van der Waals surface area contributed by atoms with Gasteiger partial charge < -0.3 is 9.63 Å². The van der Waals surface area contributed by atoms with Gasteiger partial charge in [0.2, 0.25) is 5.89 Å². The molecule has 6 nitrogen and oxygen atoms in total. The van der Waals surface area contributed by atoms with Gasteiger partial charge in [-0.25, -0.2) is 0 Å². The molecular formula is C17H22N4O2. The van der Waals surface area contributed by atoms with Crippen LogP contribution in [0.1, 0.15) is 44.5 Å². The summed E-state index contributed by atoms with van der Waals surface area (Å²) in [6, 6.07) is 6.08. The predicted molar refractivity (Wildman–Crippen MR) is 87.0 cm³/mol. The molecule has 1 unspecified atom stereocenters. The Labute approximate surface area is 134 Å². The summed E-state index contributed by atoms with van der Waals surface area (Å²) in [5, 5.41) is 22.1. The molecule has 2 N–H and O–H groups in total. The second-order valence-corrected chi connectivity index (χ2v) is 7.20. The maximum atomic E-state index is 10.1. The van der Waals surface area contributed by atoms with Crippen molar-refractivity contribution in [3.8, 4) is 0 Å². The van der Waals surface area contributed by atoms with Crippen LogP contribution >= 0.6 is 0 Å². The minimum Gasteiger partial charge on any atom is -0.393 e. The van der Waals surface area contributed by atoms with Gasteiger partial charge in [0.1, 0.15) is 0 Å². The van der Waals surface area contributed by atoms with Gasteiger partial charge >= 0.3 is 0 Å². The van der Waals surface area contributed by atoms with Crippen molar-refractivity contribution in [3.63, 3.8) is 0 Å². The van der Waals surface area contributed by atoms with Gasteiger partial charge in [-0.2, -0.15) is 10.1 Å². The van der Waals surface area contributed by atoms with E-state index in [0.29, 0.717) is 31.0 Å². The van der Waals surface area contributed by atoms with E-state index < -0.39 is 6.10 Å². The van der Waals surface area contributed by atoms with Gasteiger partial charge in [0, 0.05) is 11.8 Å². The van der Waals surface area contributed by atoms with Gasteiger partial charge in [-0.05, 0) is 23.5 Å². The fourth-order valence-electron chi connectivity index (χ4n) is 2.70. The summed E-state index contributed by atoms with van der Waals surface area (Å²) in [6.45, 7) is 6.29. The van der Waals surface area contributed by atoms with Crippen molar-refractivity contribution in [2.45, 2.75) is 46.1 Å². The van der Waals surface area contributed by atoms with Crippen LogP contribution in [0.25, 0.3) is 10.9 Å². The van der Waals surface area contributed by atoms with Crippen molar-refractivity contribution < 1.29 is 9.63 Å². The summed E-state index contributed by atoms with van der Waals surface area (Å²) >= 11 is 0. The lowest BCUT2D eigenvalue weighted by atomic mass is 9.88. The molecule has 122 valence electrons. The van der Waals surface area contributed by atoms with E-state index in [-0.39, 0.29) is 5.41 Å². The number of aromatic amines is 1. The van der Waals surface area contributed by atoms with Crippen LogP contribution in [-0.4, -0.2) is 31.5 Å². The lowest BCUT2D eigenvalue weighted by Crippen LogP contribution is -2.19. The highest BCUT2D eigenvalue weighted by Crippen LogP contribution is 2.22. The fourth-order valence-corrected chi connectivity index (χ4v) is 2.70. The Balaban J connectivity index is 1.64. The third-order valence-electron chi connectivity index (χ3n) is 3.64. The zero-order chi connectivity index (χ0) is 16.4. The number of rotatable bonds is 5. The van der Waals surface area contributed by atoms with Crippen molar-refractivity contribution in [2.75, 3.05) is 0 Å². The minimum atomic E-state index is -0.468. The number of aromatic nitrogens is 4. The molecule has 0 bridgehead atoms. The Kier molecular flexibility index (Phi) is 4.17. The minimum absolute atomic E-state index is 0.0712. The molecule has 0 spiro atoms. The first-order chi connectivity index (χ1) is 10.9. The summed E-state index contributed by atoms with van der Waals surface area (Å²) in [7, 11) is 0. The number of hydrogen-bond acceptors (Lipinski definition) is 5. The zero-order valence-electron chi connectivity index (χ0n) is 13.7. The second kappa shape index (κ2) is 6.12. The van der Waals surface area contributed by atoms with E-state index in [0.717, 1.165) is 16.5 Å². The number of nitrogens with zero attached hydrogens (tertiary/aromatic N) is 3. The molecule has 2 heterocycles. The Morgan fingerprint density at radius 2 is 2.13 bits per heavy atom. The molecule has 0 saturated heterocycles. The zero-order valence-corrected chi connectivity index (χ0v) is 13.7. The van der Waals surface area contributed by atoms with Crippen LogP contribution in [0.5, 0.6) is 0 Å².